The summed E-state index contributed by atoms with van der Waals surface area (Å²) in [5.41, 5.74) is 2.56. The van der Waals surface area contributed by atoms with Gasteiger partial charge in [-0.05, 0) is 30.9 Å². The van der Waals surface area contributed by atoms with E-state index < -0.39 is 0 Å². The molecule has 0 spiro atoms. The van der Waals surface area contributed by atoms with E-state index in [4.69, 9.17) is 9.47 Å². The summed E-state index contributed by atoms with van der Waals surface area (Å²) in [6.07, 6.45) is 2.10. The average Bonchev–Trinajstić information content (AvgIpc) is 2.44. The van der Waals surface area contributed by atoms with Crippen LogP contribution < -0.4 is 5.32 Å². The van der Waals surface area contributed by atoms with Gasteiger partial charge in [-0.2, -0.15) is 0 Å². The van der Waals surface area contributed by atoms with Gasteiger partial charge in [0.25, 0.3) is 0 Å². The second kappa shape index (κ2) is 7.26. The van der Waals surface area contributed by atoms with Crippen molar-refractivity contribution in [1.29, 1.82) is 0 Å². The van der Waals surface area contributed by atoms with Crippen molar-refractivity contribution in [2.24, 2.45) is 0 Å². The number of ether oxygens (including phenoxy) is 2. The molecule has 1 unspecified atom stereocenters. The van der Waals surface area contributed by atoms with E-state index in [1.165, 1.54) is 11.1 Å². The molecule has 1 heterocycles. The van der Waals surface area contributed by atoms with Gasteiger partial charge in [0.2, 0.25) is 0 Å². The van der Waals surface area contributed by atoms with E-state index in [0.29, 0.717) is 26.1 Å². The van der Waals surface area contributed by atoms with Crippen molar-refractivity contribution in [3.05, 3.63) is 35.4 Å². The van der Waals surface area contributed by atoms with E-state index in [-0.39, 0.29) is 12.2 Å². The molecule has 4 heteroatoms. The highest BCUT2D eigenvalue weighted by Gasteiger charge is 2.19. The number of nitrogens with one attached hydrogen (secondary N) is 1. The molecular weight excluding hydrogens is 242 g/mol. The first kappa shape index (κ1) is 14.0. The molecule has 1 atom stereocenters. The number of hydrogen-bond donors (Lipinski definition) is 1. The molecule has 1 aliphatic heterocycles. The van der Waals surface area contributed by atoms with Crippen LogP contribution in [0, 0.1) is 0 Å². The zero-order valence-corrected chi connectivity index (χ0v) is 11.4. The molecule has 1 aromatic carbocycles. The molecule has 0 radical (unpaired) electrons. The van der Waals surface area contributed by atoms with Gasteiger partial charge in [0.05, 0.1) is 6.61 Å². The Labute approximate surface area is 114 Å². The first-order valence-corrected chi connectivity index (χ1v) is 6.89. The summed E-state index contributed by atoms with van der Waals surface area (Å²) in [5, 5.41) is 3.35. The third-order valence-electron chi connectivity index (χ3n) is 3.18. The SMILES string of the molecule is CCOC(=O)CCCOC1NCCc2ccccc21. The Morgan fingerprint density at radius 3 is 3.11 bits per heavy atom. The number of carbonyl (C=O) groups is 1. The minimum Gasteiger partial charge on any atom is -0.466 e. The molecule has 1 aromatic rings. The number of carbonyl (C=O) groups excluding carboxylic acids is 1. The molecule has 19 heavy (non-hydrogen) atoms. The van der Waals surface area contributed by atoms with Crippen molar-refractivity contribution in [1.82, 2.24) is 5.32 Å². The zero-order chi connectivity index (χ0) is 13.5. The maximum absolute atomic E-state index is 11.2. The third kappa shape index (κ3) is 4.04. The first-order chi connectivity index (χ1) is 9.31. The minimum atomic E-state index is -0.150. The summed E-state index contributed by atoms with van der Waals surface area (Å²) >= 11 is 0. The molecule has 0 fully saturated rings. The van der Waals surface area contributed by atoms with Crippen LogP contribution in [0.1, 0.15) is 37.1 Å². The van der Waals surface area contributed by atoms with Crippen molar-refractivity contribution >= 4 is 5.97 Å². The van der Waals surface area contributed by atoms with E-state index in [0.717, 1.165) is 13.0 Å². The average molecular weight is 263 g/mol. The van der Waals surface area contributed by atoms with Crippen LogP contribution in [0.15, 0.2) is 24.3 Å². The molecular formula is C15H21NO3. The monoisotopic (exact) mass is 263 g/mol. The Kier molecular flexibility index (Phi) is 5.36. The quantitative estimate of drug-likeness (QED) is 0.631. The molecule has 4 nitrogen and oxygen atoms in total. The highest BCUT2D eigenvalue weighted by molar-refractivity contribution is 5.69. The van der Waals surface area contributed by atoms with Crippen LogP contribution in [0.5, 0.6) is 0 Å². The minimum absolute atomic E-state index is 0.0489. The van der Waals surface area contributed by atoms with Gasteiger partial charge in [0, 0.05) is 19.6 Å². The second-order valence-corrected chi connectivity index (χ2v) is 4.56. The Morgan fingerprint density at radius 2 is 2.26 bits per heavy atom. The number of benzene rings is 1. The van der Waals surface area contributed by atoms with Crippen molar-refractivity contribution in [2.45, 2.75) is 32.4 Å². The standard InChI is InChI=1S/C15H21NO3/c1-2-18-14(17)8-5-11-19-15-13-7-4-3-6-12(13)9-10-16-15/h3-4,6-7,15-16H,2,5,8-11H2,1H3. The summed E-state index contributed by atoms with van der Waals surface area (Å²) in [6, 6.07) is 8.32. The van der Waals surface area contributed by atoms with Crippen LogP contribution in [0.3, 0.4) is 0 Å². The molecule has 0 bridgehead atoms. The van der Waals surface area contributed by atoms with E-state index in [2.05, 4.69) is 23.5 Å². The molecule has 0 aromatic heterocycles. The molecule has 0 saturated carbocycles. The van der Waals surface area contributed by atoms with Crippen LogP contribution in [0.25, 0.3) is 0 Å². The topological polar surface area (TPSA) is 47.6 Å². The lowest BCUT2D eigenvalue weighted by molar-refractivity contribution is -0.143. The predicted molar refractivity (Wildman–Crippen MR) is 72.7 cm³/mol. The lowest BCUT2D eigenvalue weighted by Crippen LogP contribution is -2.31. The summed E-state index contributed by atoms with van der Waals surface area (Å²) < 4.78 is 10.7. The predicted octanol–water partition coefficient (Wildman–Crippen LogP) is 2.19. The molecule has 1 N–H and O–H groups in total. The van der Waals surface area contributed by atoms with E-state index in [1.807, 2.05) is 13.0 Å². The summed E-state index contributed by atoms with van der Waals surface area (Å²) in [6.45, 7) is 3.75. The summed E-state index contributed by atoms with van der Waals surface area (Å²) in [4.78, 5) is 11.2. The van der Waals surface area contributed by atoms with E-state index in [9.17, 15) is 4.79 Å². The maximum Gasteiger partial charge on any atom is 0.305 e. The van der Waals surface area contributed by atoms with Crippen LogP contribution >= 0.6 is 0 Å². The molecule has 2 rings (SSSR count). The van der Waals surface area contributed by atoms with Gasteiger partial charge in [0.15, 0.2) is 0 Å². The number of hydrogen-bond acceptors (Lipinski definition) is 4. The Hall–Kier alpha value is -1.39. The van der Waals surface area contributed by atoms with E-state index in [1.54, 1.807) is 0 Å². The second-order valence-electron chi connectivity index (χ2n) is 4.56. The number of fused-ring (bicyclic) bond motifs is 1. The first-order valence-electron chi connectivity index (χ1n) is 6.89. The van der Waals surface area contributed by atoms with Crippen molar-refractivity contribution in [3.63, 3.8) is 0 Å². The fraction of sp³-hybridized carbons (Fsp3) is 0.533. The largest absolute Gasteiger partial charge is 0.466 e. The van der Waals surface area contributed by atoms with Crippen LogP contribution in [-0.2, 0) is 20.7 Å². The summed E-state index contributed by atoms with van der Waals surface area (Å²) in [5.74, 6) is -0.150. The van der Waals surface area contributed by atoms with Gasteiger partial charge < -0.3 is 9.47 Å². The Balaban J connectivity index is 1.77. The molecule has 0 aliphatic carbocycles. The van der Waals surface area contributed by atoms with Gasteiger partial charge in [-0.25, -0.2) is 0 Å². The summed E-state index contributed by atoms with van der Waals surface area (Å²) in [7, 11) is 0. The lowest BCUT2D eigenvalue weighted by atomic mass is 10.00. The lowest BCUT2D eigenvalue weighted by Gasteiger charge is -2.26. The fourth-order valence-electron chi connectivity index (χ4n) is 2.27. The van der Waals surface area contributed by atoms with Crippen molar-refractivity contribution in [3.8, 4) is 0 Å². The highest BCUT2D eigenvalue weighted by Crippen LogP contribution is 2.23. The van der Waals surface area contributed by atoms with Gasteiger partial charge in [-0.3, -0.25) is 10.1 Å². The van der Waals surface area contributed by atoms with Crippen LogP contribution in [0.2, 0.25) is 0 Å². The Morgan fingerprint density at radius 1 is 1.42 bits per heavy atom. The van der Waals surface area contributed by atoms with Crippen molar-refractivity contribution < 1.29 is 14.3 Å². The van der Waals surface area contributed by atoms with Gasteiger partial charge >= 0.3 is 5.97 Å². The Bertz CT molecular complexity index is 420. The molecule has 104 valence electrons. The molecule has 0 saturated heterocycles. The normalized spacial score (nSPS) is 17.8. The fourth-order valence-corrected chi connectivity index (χ4v) is 2.27. The van der Waals surface area contributed by atoms with Crippen molar-refractivity contribution in [2.75, 3.05) is 19.8 Å². The number of esters is 1. The highest BCUT2D eigenvalue weighted by atomic mass is 16.5. The zero-order valence-electron chi connectivity index (χ0n) is 11.4. The smallest absolute Gasteiger partial charge is 0.305 e. The van der Waals surface area contributed by atoms with Crippen LogP contribution in [0.4, 0.5) is 0 Å². The van der Waals surface area contributed by atoms with Crippen LogP contribution in [-0.4, -0.2) is 25.7 Å². The van der Waals surface area contributed by atoms with E-state index >= 15 is 0 Å². The van der Waals surface area contributed by atoms with Gasteiger partial charge in [0.1, 0.15) is 6.23 Å². The maximum atomic E-state index is 11.2. The molecule has 1 aliphatic rings. The molecule has 0 amide bonds. The number of rotatable bonds is 6. The third-order valence-corrected chi connectivity index (χ3v) is 3.18. The van der Waals surface area contributed by atoms with Gasteiger partial charge in [-0.15, -0.1) is 0 Å². The van der Waals surface area contributed by atoms with Gasteiger partial charge in [-0.1, -0.05) is 24.3 Å².